The van der Waals surface area contributed by atoms with Crippen LogP contribution in [0.2, 0.25) is 0 Å². The lowest BCUT2D eigenvalue weighted by molar-refractivity contribution is 0.768. The molecule has 13 rings (SSSR count). The van der Waals surface area contributed by atoms with E-state index in [1.54, 1.807) is 0 Å². The van der Waals surface area contributed by atoms with E-state index < -0.39 is 5.41 Å². The third-order valence-corrected chi connectivity index (χ3v) is 14.9. The Hall–Kier alpha value is -8.04. The fraction of sp³-hybridized carbons (Fsp3) is 0.0159. The number of benzene rings is 11. The molecule has 11 aromatic carbocycles. The Morgan fingerprint density at radius 2 is 0.892 bits per heavy atom. The molecule has 0 spiro atoms. The molecule has 12 aromatic rings. The number of thiophene rings is 1. The molecule has 0 aliphatic heterocycles. The Morgan fingerprint density at radius 1 is 0.323 bits per heavy atom. The zero-order chi connectivity index (χ0) is 42.9. The molecule has 0 fully saturated rings. The predicted octanol–water partition coefficient (Wildman–Crippen LogP) is 17.5. The minimum Gasteiger partial charge on any atom is -0.310 e. The maximum absolute atomic E-state index is 2.47. The largest absolute Gasteiger partial charge is 0.310 e. The first-order valence-electron chi connectivity index (χ1n) is 22.4. The van der Waals surface area contributed by atoms with Crippen molar-refractivity contribution >= 4 is 70.1 Å². The van der Waals surface area contributed by atoms with Gasteiger partial charge in [-0.25, -0.2) is 0 Å². The first-order valence-corrected chi connectivity index (χ1v) is 23.2. The monoisotopic (exact) mass is 843 g/mol. The normalized spacial score (nSPS) is 12.7. The van der Waals surface area contributed by atoms with Crippen LogP contribution in [-0.4, -0.2) is 0 Å². The van der Waals surface area contributed by atoms with E-state index in [-0.39, 0.29) is 0 Å². The number of rotatable bonds is 7. The Balaban J connectivity index is 1.00. The van der Waals surface area contributed by atoms with Gasteiger partial charge in [-0.2, -0.15) is 0 Å². The first kappa shape index (κ1) is 37.5. The average Bonchev–Trinajstić information content (AvgIpc) is 3.91. The lowest BCUT2D eigenvalue weighted by Gasteiger charge is -2.34. The van der Waals surface area contributed by atoms with Gasteiger partial charge in [0.2, 0.25) is 0 Å². The summed E-state index contributed by atoms with van der Waals surface area (Å²) in [5.41, 5.74) is 15.3. The molecule has 65 heavy (non-hydrogen) atoms. The molecule has 0 saturated carbocycles. The minimum atomic E-state index is -0.507. The highest BCUT2D eigenvalue weighted by molar-refractivity contribution is 7.25. The molecule has 0 radical (unpaired) electrons. The summed E-state index contributed by atoms with van der Waals surface area (Å²) < 4.78 is 2.64. The van der Waals surface area contributed by atoms with E-state index >= 15 is 0 Å². The van der Waals surface area contributed by atoms with Gasteiger partial charge in [0.1, 0.15) is 0 Å². The van der Waals surface area contributed by atoms with Crippen LogP contribution < -0.4 is 4.90 Å². The van der Waals surface area contributed by atoms with Gasteiger partial charge in [-0.05, 0) is 120 Å². The summed E-state index contributed by atoms with van der Waals surface area (Å²) in [6.45, 7) is 0. The lowest BCUT2D eigenvalue weighted by Crippen LogP contribution is -2.28. The summed E-state index contributed by atoms with van der Waals surface area (Å²) in [6.07, 6.45) is 0. The van der Waals surface area contributed by atoms with Crippen molar-refractivity contribution in [3.8, 4) is 33.4 Å². The third kappa shape index (κ3) is 5.85. The van der Waals surface area contributed by atoms with Gasteiger partial charge < -0.3 is 4.90 Å². The van der Waals surface area contributed by atoms with Gasteiger partial charge >= 0.3 is 0 Å². The van der Waals surface area contributed by atoms with Crippen molar-refractivity contribution in [2.45, 2.75) is 5.41 Å². The van der Waals surface area contributed by atoms with Gasteiger partial charge in [-0.15, -0.1) is 11.3 Å². The summed E-state index contributed by atoms with van der Waals surface area (Å²) in [6, 6.07) is 92.1. The van der Waals surface area contributed by atoms with Crippen molar-refractivity contribution < 1.29 is 0 Å². The van der Waals surface area contributed by atoms with Crippen molar-refractivity contribution in [2.75, 3.05) is 4.90 Å². The van der Waals surface area contributed by atoms with Gasteiger partial charge in [0.15, 0.2) is 0 Å². The number of anilines is 3. The summed E-state index contributed by atoms with van der Waals surface area (Å²) in [7, 11) is 0. The number of nitrogens with zero attached hydrogens (tertiary/aromatic N) is 1. The topological polar surface area (TPSA) is 3.24 Å². The van der Waals surface area contributed by atoms with E-state index in [0.717, 1.165) is 17.1 Å². The smallest absolute Gasteiger partial charge is 0.0714 e. The second-order valence-corrected chi connectivity index (χ2v) is 18.2. The fourth-order valence-electron chi connectivity index (χ4n) is 10.9. The SMILES string of the molecule is c1ccc(C2(c3ccccc3)c3ccccc3-c3c(N(c4ccc(-c5ccc6sc7ccccc7c6c5)cc4)c4ccc(-c5cccc6c5ccc5ccccc56)cc4)cccc32)cc1. The van der Waals surface area contributed by atoms with Gasteiger partial charge in [0.05, 0.1) is 11.1 Å². The van der Waals surface area contributed by atoms with Crippen molar-refractivity contribution in [3.63, 3.8) is 0 Å². The lowest BCUT2D eigenvalue weighted by atomic mass is 9.68. The molecule has 0 saturated heterocycles. The van der Waals surface area contributed by atoms with E-state index in [4.69, 9.17) is 0 Å². The van der Waals surface area contributed by atoms with E-state index in [0.29, 0.717) is 0 Å². The zero-order valence-electron chi connectivity index (χ0n) is 35.5. The zero-order valence-corrected chi connectivity index (χ0v) is 36.3. The Labute approximate surface area is 382 Å². The summed E-state index contributed by atoms with van der Waals surface area (Å²) in [5.74, 6) is 0. The van der Waals surface area contributed by atoms with Gasteiger partial charge in [-0.3, -0.25) is 0 Å². The molecule has 0 atom stereocenters. The molecule has 2 heteroatoms. The second kappa shape index (κ2) is 15.1. The van der Waals surface area contributed by atoms with Gasteiger partial charge in [0.25, 0.3) is 0 Å². The molecule has 1 aliphatic carbocycles. The molecular weight excluding hydrogens is 803 g/mol. The summed E-state index contributed by atoms with van der Waals surface area (Å²) >= 11 is 1.86. The molecular formula is C63H41NS. The Morgan fingerprint density at radius 3 is 1.66 bits per heavy atom. The van der Waals surface area contributed by atoms with Crippen molar-refractivity contribution in [2.24, 2.45) is 0 Å². The molecule has 0 amide bonds. The Bertz CT molecular complexity index is 3710. The van der Waals surface area contributed by atoms with Gasteiger partial charge in [0, 0.05) is 37.1 Å². The molecule has 0 bridgehead atoms. The van der Waals surface area contributed by atoms with Crippen LogP contribution in [0, 0.1) is 0 Å². The van der Waals surface area contributed by atoms with Crippen LogP contribution in [0.5, 0.6) is 0 Å². The maximum atomic E-state index is 2.47. The number of fused-ring (bicyclic) bond motifs is 9. The predicted molar refractivity (Wildman–Crippen MR) is 277 cm³/mol. The van der Waals surface area contributed by atoms with Crippen LogP contribution in [-0.2, 0) is 5.41 Å². The van der Waals surface area contributed by atoms with Crippen LogP contribution in [0.4, 0.5) is 17.1 Å². The van der Waals surface area contributed by atoms with Crippen LogP contribution in [0.15, 0.2) is 249 Å². The standard InChI is InChI=1S/C63H41NS/c1-3-16-46(17-4-1)63(47-18-5-2-6-19-47)57-25-11-9-22-55(57)62-58(63)26-14-27-59(62)64(48-35-29-42(30-36-48)45-34-40-61-56(41-45)54-21-10-12-28-60(54)65-61)49-37-31-44(32-38-49)51-23-13-24-52-50-20-8-7-15-43(50)33-39-53(51)52/h1-41H. The molecule has 0 unspecified atom stereocenters. The summed E-state index contributed by atoms with van der Waals surface area (Å²) in [5, 5.41) is 7.70. The van der Waals surface area contributed by atoms with Crippen molar-refractivity contribution in [1.29, 1.82) is 0 Å². The van der Waals surface area contributed by atoms with Crippen LogP contribution in [0.1, 0.15) is 22.3 Å². The van der Waals surface area contributed by atoms with E-state index in [2.05, 4.69) is 254 Å². The highest BCUT2D eigenvalue weighted by Gasteiger charge is 2.47. The first-order chi connectivity index (χ1) is 32.2. The number of hydrogen-bond donors (Lipinski definition) is 0. The minimum absolute atomic E-state index is 0.507. The molecule has 1 nitrogen and oxygen atoms in total. The quantitative estimate of drug-likeness (QED) is 0.145. The van der Waals surface area contributed by atoms with Crippen molar-refractivity contribution in [1.82, 2.24) is 0 Å². The molecule has 1 aliphatic rings. The van der Waals surface area contributed by atoms with Gasteiger partial charge in [-0.1, -0.05) is 200 Å². The molecule has 0 N–H and O–H groups in total. The van der Waals surface area contributed by atoms with E-state index in [1.165, 1.54) is 97.4 Å². The van der Waals surface area contributed by atoms with E-state index in [1.807, 2.05) is 11.3 Å². The van der Waals surface area contributed by atoms with E-state index in [9.17, 15) is 0 Å². The van der Waals surface area contributed by atoms with Crippen molar-refractivity contribution in [3.05, 3.63) is 271 Å². The highest BCUT2D eigenvalue weighted by Crippen LogP contribution is 2.59. The second-order valence-electron chi connectivity index (χ2n) is 17.2. The molecule has 1 heterocycles. The maximum Gasteiger partial charge on any atom is 0.0714 e. The number of hydrogen-bond acceptors (Lipinski definition) is 2. The average molecular weight is 844 g/mol. The van der Waals surface area contributed by atoms with Crippen LogP contribution >= 0.6 is 11.3 Å². The van der Waals surface area contributed by atoms with Crippen LogP contribution in [0.3, 0.4) is 0 Å². The highest BCUT2D eigenvalue weighted by atomic mass is 32.1. The fourth-order valence-corrected chi connectivity index (χ4v) is 12.0. The Kier molecular flexibility index (Phi) is 8.69. The third-order valence-electron chi connectivity index (χ3n) is 13.8. The summed E-state index contributed by atoms with van der Waals surface area (Å²) in [4.78, 5) is 2.47. The molecule has 1 aromatic heterocycles. The molecule has 304 valence electrons. The van der Waals surface area contributed by atoms with Crippen LogP contribution in [0.25, 0.3) is 75.1 Å².